The van der Waals surface area contributed by atoms with E-state index < -0.39 is 27.3 Å². The number of alkyl halides is 3. The van der Waals surface area contributed by atoms with Gasteiger partial charge in [-0.3, -0.25) is 20.2 Å². The third kappa shape index (κ3) is 3.97. The predicted octanol–water partition coefficient (Wildman–Crippen LogP) is 4.67. The van der Waals surface area contributed by atoms with Crippen LogP contribution in [-0.4, -0.2) is 9.85 Å². The predicted molar refractivity (Wildman–Crippen MR) is 75.3 cm³/mol. The van der Waals surface area contributed by atoms with E-state index in [9.17, 15) is 33.4 Å². The van der Waals surface area contributed by atoms with E-state index in [1.54, 1.807) is 0 Å². The molecule has 120 valence electrons. The third-order valence-electron chi connectivity index (χ3n) is 2.76. The molecule has 0 N–H and O–H groups in total. The van der Waals surface area contributed by atoms with Crippen molar-refractivity contribution in [3.63, 3.8) is 0 Å². The van der Waals surface area contributed by atoms with Crippen LogP contribution in [0.4, 0.5) is 24.5 Å². The number of hydrogen-bond donors (Lipinski definition) is 0. The number of nitrogens with zero attached hydrogens (tertiary/aromatic N) is 2. The minimum atomic E-state index is -4.68. The standard InChI is InChI=1S/C13H7F3N2O4S/c14-13(15,16)8-1-6-12(11(7-8)18(21)22)23-10-4-2-9(3-5-10)17(19)20/h1-7H. The van der Waals surface area contributed by atoms with Crippen LogP contribution < -0.4 is 0 Å². The molecule has 0 radical (unpaired) electrons. The van der Waals surface area contributed by atoms with Gasteiger partial charge < -0.3 is 0 Å². The van der Waals surface area contributed by atoms with Crippen molar-refractivity contribution in [2.75, 3.05) is 0 Å². The lowest BCUT2D eigenvalue weighted by molar-refractivity contribution is -0.388. The Kier molecular flexibility index (Phi) is 4.55. The Morgan fingerprint density at radius 3 is 2.00 bits per heavy atom. The quantitative estimate of drug-likeness (QED) is 0.594. The molecule has 2 aromatic rings. The molecule has 6 nitrogen and oxygen atoms in total. The number of nitro benzene ring substituents is 2. The van der Waals surface area contributed by atoms with Crippen LogP contribution in [0, 0.1) is 20.2 Å². The van der Waals surface area contributed by atoms with Crippen molar-refractivity contribution in [1.82, 2.24) is 0 Å². The Balaban J connectivity index is 2.35. The Morgan fingerprint density at radius 2 is 1.52 bits per heavy atom. The van der Waals surface area contributed by atoms with E-state index in [0.717, 1.165) is 23.9 Å². The highest BCUT2D eigenvalue weighted by Gasteiger charge is 2.33. The Morgan fingerprint density at radius 1 is 0.913 bits per heavy atom. The van der Waals surface area contributed by atoms with Gasteiger partial charge in [0.25, 0.3) is 11.4 Å². The second-order valence-electron chi connectivity index (χ2n) is 4.29. The van der Waals surface area contributed by atoms with Crippen molar-refractivity contribution in [2.24, 2.45) is 0 Å². The molecule has 0 bridgehead atoms. The third-order valence-corrected chi connectivity index (χ3v) is 3.83. The van der Waals surface area contributed by atoms with Gasteiger partial charge in [-0.2, -0.15) is 13.2 Å². The number of halogens is 3. The normalized spacial score (nSPS) is 11.3. The minimum absolute atomic E-state index is 0.0110. The molecule has 0 aliphatic heterocycles. The van der Waals surface area contributed by atoms with Crippen molar-refractivity contribution >= 4 is 23.1 Å². The number of rotatable bonds is 4. The van der Waals surface area contributed by atoms with Crippen LogP contribution >= 0.6 is 11.8 Å². The van der Waals surface area contributed by atoms with E-state index in [4.69, 9.17) is 0 Å². The first-order valence-corrected chi connectivity index (χ1v) is 6.78. The molecule has 0 atom stereocenters. The first kappa shape index (κ1) is 16.7. The Hall–Kier alpha value is -2.62. The maximum atomic E-state index is 12.6. The van der Waals surface area contributed by atoms with Crippen LogP contribution in [0.25, 0.3) is 0 Å². The van der Waals surface area contributed by atoms with Gasteiger partial charge in [-0.05, 0) is 24.3 Å². The van der Waals surface area contributed by atoms with Crippen LogP contribution in [0.15, 0.2) is 52.3 Å². The van der Waals surface area contributed by atoms with Crippen molar-refractivity contribution in [2.45, 2.75) is 16.0 Å². The second kappa shape index (κ2) is 6.24. The van der Waals surface area contributed by atoms with Gasteiger partial charge in [0.1, 0.15) is 0 Å². The monoisotopic (exact) mass is 344 g/mol. The molecule has 2 aromatic carbocycles. The topological polar surface area (TPSA) is 86.3 Å². The zero-order valence-corrected chi connectivity index (χ0v) is 11.9. The van der Waals surface area contributed by atoms with Crippen molar-refractivity contribution < 1.29 is 23.0 Å². The second-order valence-corrected chi connectivity index (χ2v) is 5.41. The fraction of sp³-hybridized carbons (Fsp3) is 0.0769. The molecular formula is C13H7F3N2O4S. The van der Waals surface area contributed by atoms with Gasteiger partial charge in [0.2, 0.25) is 0 Å². The molecule has 0 aromatic heterocycles. The number of nitro groups is 2. The summed E-state index contributed by atoms with van der Waals surface area (Å²) in [5.41, 5.74) is -1.95. The van der Waals surface area contributed by atoms with E-state index in [-0.39, 0.29) is 10.6 Å². The summed E-state index contributed by atoms with van der Waals surface area (Å²) in [6, 6.07) is 7.37. The van der Waals surface area contributed by atoms with Crippen molar-refractivity contribution in [1.29, 1.82) is 0 Å². The van der Waals surface area contributed by atoms with Crippen LogP contribution in [0.2, 0.25) is 0 Å². The average Bonchev–Trinajstić information content (AvgIpc) is 2.46. The minimum Gasteiger partial charge on any atom is -0.258 e. The molecule has 0 aliphatic rings. The first-order valence-electron chi connectivity index (χ1n) is 5.96. The highest BCUT2D eigenvalue weighted by atomic mass is 32.2. The van der Waals surface area contributed by atoms with Crippen molar-refractivity contribution in [3.8, 4) is 0 Å². The van der Waals surface area contributed by atoms with E-state index in [1.165, 1.54) is 24.3 Å². The number of non-ortho nitro benzene ring substituents is 1. The Labute approximate surface area is 131 Å². The lowest BCUT2D eigenvalue weighted by Crippen LogP contribution is -2.05. The summed E-state index contributed by atoms with van der Waals surface area (Å²) in [5.74, 6) is 0. The van der Waals surface area contributed by atoms with Crippen LogP contribution in [0.1, 0.15) is 5.56 Å². The number of hydrogen-bond acceptors (Lipinski definition) is 5. The summed E-state index contributed by atoms with van der Waals surface area (Å²) in [6.45, 7) is 0. The molecule has 0 fully saturated rings. The van der Waals surface area contributed by atoms with E-state index in [0.29, 0.717) is 11.0 Å². The smallest absolute Gasteiger partial charge is 0.258 e. The molecule has 0 amide bonds. The molecule has 0 saturated heterocycles. The van der Waals surface area contributed by atoms with Crippen LogP contribution in [-0.2, 0) is 6.18 Å². The zero-order chi connectivity index (χ0) is 17.2. The average molecular weight is 344 g/mol. The largest absolute Gasteiger partial charge is 0.416 e. The molecule has 10 heteroatoms. The molecular weight excluding hydrogens is 337 g/mol. The summed E-state index contributed by atoms with van der Waals surface area (Å²) in [7, 11) is 0. The van der Waals surface area contributed by atoms with Gasteiger partial charge in [0.05, 0.1) is 20.3 Å². The summed E-state index contributed by atoms with van der Waals surface area (Å²) in [5, 5.41) is 21.5. The van der Waals surface area contributed by atoms with E-state index >= 15 is 0 Å². The molecule has 0 unspecified atom stereocenters. The van der Waals surface area contributed by atoms with Gasteiger partial charge in [0.15, 0.2) is 0 Å². The molecule has 23 heavy (non-hydrogen) atoms. The maximum Gasteiger partial charge on any atom is 0.416 e. The van der Waals surface area contributed by atoms with E-state index in [2.05, 4.69) is 0 Å². The fourth-order valence-electron chi connectivity index (χ4n) is 1.69. The van der Waals surface area contributed by atoms with Gasteiger partial charge >= 0.3 is 6.18 Å². The summed E-state index contributed by atoms with van der Waals surface area (Å²) in [6.07, 6.45) is -4.68. The Bertz CT molecular complexity index is 763. The zero-order valence-electron chi connectivity index (χ0n) is 11.1. The molecule has 0 spiro atoms. The van der Waals surface area contributed by atoms with Gasteiger partial charge in [-0.15, -0.1) is 0 Å². The van der Waals surface area contributed by atoms with Gasteiger partial charge in [-0.1, -0.05) is 11.8 Å². The summed E-state index contributed by atoms with van der Waals surface area (Å²) < 4.78 is 37.9. The van der Waals surface area contributed by atoms with E-state index in [1.807, 2.05) is 0 Å². The molecule has 0 saturated carbocycles. The first-order chi connectivity index (χ1) is 10.7. The fourth-order valence-corrected chi connectivity index (χ4v) is 2.59. The highest BCUT2D eigenvalue weighted by molar-refractivity contribution is 7.99. The van der Waals surface area contributed by atoms with Gasteiger partial charge in [0, 0.05) is 23.1 Å². The van der Waals surface area contributed by atoms with Crippen molar-refractivity contribution in [3.05, 3.63) is 68.3 Å². The molecule has 0 heterocycles. The maximum absolute atomic E-state index is 12.6. The van der Waals surface area contributed by atoms with Crippen LogP contribution in [0.5, 0.6) is 0 Å². The SMILES string of the molecule is O=[N+]([O-])c1ccc(Sc2ccc(C(F)(F)F)cc2[N+](=O)[O-])cc1. The van der Waals surface area contributed by atoms with Gasteiger partial charge in [-0.25, -0.2) is 0 Å². The molecule has 0 aliphatic carbocycles. The summed E-state index contributed by atoms with van der Waals surface area (Å²) >= 11 is 0.851. The lowest BCUT2D eigenvalue weighted by atomic mass is 10.2. The number of benzene rings is 2. The van der Waals surface area contributed by atoms with Crippen LogP contribution in [0.3, 0.4) is 0 Å². The molecule has 2 rings (SSSR count). The summed E-state index contributed by atoms with van der Waals surface area (Å²) in [4.78, 5) is 20.5. The highest BCUT2D eigenvalue weighted by Crippen LogP contribution is 2.39. The lowest BCUT2D eigenvalue weighted by Gasteiger charge is -2.08.